The zero-order chi connectivity index (χ0) is 19.2. The second kappa shape index (κ2) is 7.89. The number of hydrogen-bond donors (Lipinski definition) is 2. The fourth-order valence-corrected chi connectivity index (χ4v) is 2.35. The van der Waals surface area contributed by atoms with Gasteiger partial charge in [0.25, 0.3) is 5.91 Å². The van der Waals surface area contributed by atoms with E-state index in [9.17, 15) is 9.59 Å². The maximum Gasteiger partial charge on any atom is 0.274 e. The molecule has 0 fully saturated rings. The van der Waals surface area contributed by atoms with E-state index in [0.717, 1.165) is 0 Å². The second-order valence-corrected chi connectivity index (χ2v) is 5.67. The number of anilines is 3. The number of carbonyl (C=O) groups is 2. The first-order valence-corrected chi connectivity index (χ1v) is 8.08. The molecule has 27 heavy (non-hydrogen) atoms. The number of nitrogens with one attached hydrogen (secondary N) is 2. The van der Waals surface area contributed by atoms with Gasteiger partial charge in [0.1, 0.15) is 5.69 Å². The van der Waals surface area contributed by atoms with Gasteiger partial charge in [-0.2, -0.15) is 5.26 Å². The molecule has 0 aliphatic carbocycles. The van der Waals surface area contributed by atoms with Gasteiger partial charge in [-0.25, -0.2) is 9.97 Å². The predicted octanol–water partition coefficient (Wildman–Crippen LogP) is 3.55. The van der Waals surface area contributed by atoms with E-state index < -0.39 is 5.91 Å². The molecular formula is C20H15N5O2. The van der Waals surface area contributed by atoms with Crippen LogP contribution in [-0.2, 0) is 0 Å². The average Bonchev–Trinajstić information content (AvgIpc) is 2.68. The number of amides is 1. The van der Waals surface area contributed by atoms with Crippen molar-refractivity contribution in [2.45, 2.75) is 6.92 Å². The molecule has 0 atom stereocenters. The van der Waals surface area contributed by atoms with E-state index in [1.165, 1.54) is 19.2 Å². The van der Waals surface area contributed by atoms with E-state index in [4.69, 9.17) is 5.26 Å². The van der Waals surface area contributed by atoms with E-state index >= 15 is 0 Å². The van der Waals surface area contributed by atoms with Crippen LogP contribution in [0.3, 0.4) is 0 Å². The SMILES string of the molecule is CC(=O)c1cccc(NC(=O)c2ccnc(Nc3cccc(C#N)c3)n2)c1. The van der Waals surface area contributed by atoms with Crippen molar-refractivity contribution in [3.8, 4) is 6.07 Å². The Morgan fingerprint density at radius 3 is 2.59 bits per heavy atom. The Bertz CT molecular complexity index is 1060. The monoisotopic (exact) mass is 357 g/mol. The van der Waals surface area contributed by atoms with Crippen LogP contribution in [0, 0.1) is 11.3 Å². The van der Waals surface area contributed by atoms with Gasteiger partial charge in [0.05, 0.1) is 11.6 Å². The van der Waals surface area contributed by atoms with Crippen LogP contribution in [0.2, 0.25) is 0 Å². The molecule has 3 rings (SSSR count). The molecule has 7 nitrogen and oxygen atoms in total. The lowest BCUT2D eigenvalue weighted by Gasteiger charge is -2.08. The van der Waals surface area contributed by atoms with E-state index in [2.05, 4.69) is 26.7 Å². The largest absolute Gasteiger partial charge is 0.324 e. The highest BCUT2D eigenvalue weighted by atomic mass is 16.2. The minimum absolute atomic E-state index is 0.0841. The second-order valence-electron chi connectivity index (χ2n) is 5.67. The lowest BCUT2D eigenvalue weighted by molar-refractivity contribution is 0.100. The van der Waals surface area contributed by atoms with Crippen LogP contribution >= 0.6 is 0 Å². The molecule has 0 saturated carbocycles. The highest BCUT2D eigenvalue weighted by Gasteiger charge is 2.10. The summed E-state index contributed by atoms with van der Waals surface area (Å²) < 4.78 is 0. The molecule has 0 aliphatic rings. The Kier molecular flexibility index (Phi) is 5.19. The summed E-state index contributed by atoms with van der Waals surface area (Å²) in [5.74, 6) is -0.277. The lowest BCUT2D eigenvalue weighted by atomic mass is 10.1. The number of benzene rings is 2. The van der Waals surface area contributed by atoms with E-state index in [0.29, 0.717) is 22.5 Å². The fourth-order valence-electron chi connectivity index (χ4n) is 2.35. The van der Waals surface area contributed by atoms with Gasteiger partial charge in [0, 0.05) is 23.1 Å². The van der Waals surface area contributed by atoms with Crippen molar-refractivity contribution in [2.24, 2.45) is 0 Å². The zero-order valence-electron chi connectivity index (χ0n) is 14.4. The predicted molar refractivity (Wildman–Crippen MR) is 101 cm³/mol. The van der Waals surface area contributed by atoms with E-state index in [1.807, 2.05) is 0 Å². The Morgan fingerprint density at radius 1 is 1.04 bits per heavy atom. The number of nitrogens with zero attached hydrogens (tertiary/aromatic N) is 3. The molecule has 0 bridgehead atoms. The Balaban J connectivity index is 1.76. The van der Waals surface area contributed by atoms with Crippen LogP contribution in [0.25, 0.3) is 0 Å². The Hall–Kier alpha value is -4.05. The molecule has 7 heteroatoms. The standard InChI is InChI=1S/C20H15N5O2/c1-13(26)15-5-3-7-17(11-15)23-19(27)18-8-9-22-20(25-18)24-16-6-2-4-14(10-16)12-21/h2-11H,1H3,(H,23,27)(H,22,24,25). The van der Waals surface area contributed by atoms with Gasteiger partial charge in [-0.3, -0.25) is 9.59 Å². The number of carbonyl (C=O) groups excluding carboxylic acids is 2. The summed E-state index contributed by atoms with van der Waals surface area (Å²) in [5.41, 5.74) is 2.31. The molecule has 3 aromatic rings. The zero-order valence-corrected chi connectivity index (χ0v) is 14.4. The van der Waals surface area contributed by atoms with E-state index in [1.54, 1.807) is 48.5 Å². The minimum Gasteiger partial charge on any atom is -0.324 e. The quantitative estimate of drug-likeness (QED) is 0.676. The normalized spacial score (nSPS) is 9.93. The third-order valence-corrected chi connectivity index (χ3v) is 3.66. The molecule has 2 aromatic carbocycles. The molecule has 0 saturated heterocycles. The van der Waals surface area contributed by atoms with Gasteiger partial charge in [0.15, 0.2) is 5.78 Å². The van der Waals surface area contributed by atoms with Gasteiger partial charge in [0.2, 0.25) is 5.95 Å². The molecule has 132 valence electrons. The highest BCUT2D eigenvalue weighted by molar-refractivity contribution is 6.04. The molecule has 2 N–H and O–H groups in total. The number of nitriles is 1. The lowest BCUT2D eigenvalue weighted by Crippen LogP contribution is -2.15. The van der Waals surface area contributed by atoms with Crippen molar-refractivity contribution in [3.63, 3.8) is 0 Å². The van der Waals surface area contributed by atoms with Gasteiger partial charge >= 0.3 is 0 Å². The third kappa shape index (κ3) is 4.52. The molecule has 0 radical (unpaired) electrons. The molecule has 1 heterocycles. The summed E-state index contributed by atoms with van der Waals surface area (Å²) in [4.78, 5) is 32.2. The summed E-state index contributed by atoms with van der Waals surface area (Å²) in [6, 6.07) is 17.1. The maximum atomic E-state index is 12.4. The smallest absolute Gasteiger partial charge is 0.274 e. The van der Waals surface area contributed by atoms with Crippen LogP contribution in [0.15, 0.2) is 60.8 Å². The van der Waals surface area contributed by atoms with Gasteiger partial charge in [-0.1, -0.05) is 18.2 Å². The maximum absolute atomic E-state index is 12.4. The van der Waals surface area contributed by atoms with Crippen molar-refractivity contribution >= 4 is 29.0 Å². The van der Waals surface area contributed by atoms with Crippen molar-refractivity contribution < 1.29 is 9.59 Å². The summed E-state index contributed by atoms with van der Waals surface area (Å²) in [6.07, 6.45) is 1.46. The van der Waals surface area contributed by atoms with E-state index in [-0.39, 0.29) is 17.4 Å². The first kappa shape index (κ1) is 17.8. The van der Waals surface area contributed by atoms with Crippen LogP contribution in [-0.4, -0.2) is 21.7 Å². The molecular weight excluding hydrogens is 342 g/mol. The van der Waals surface area contributed by atoms with Crippen molar-refractivity contribution in [1.29, 1.82) is 5.26 Å². The molecule has 0 spiro atoms. The Morgan fingerprint density at radius 2 is 1.81 bits per heavy atom. The summed E-state index contributed by atoms with van der Waals surface area (Å²) in [7, 11) is 0. The fraction of sp³-hybridized carbons (Fsp3) is 0.0500. The highest BCUT2D eigenvalue weighted by Crippen LogP contribution is 2.16. The first-order chi connectivity index (χ1) is 13.0. The summed E-state index contributed by atoms with van der Waals surface area (Å²) in [6.45, 7) is 1.46. The Labute approximate surface area is 155 Å². The number of ketones is 1. The minimum atomic E-state index is -0.424. The average molecular weight is 357 g/mol. The summed E-state index contributed by atoms with van der Waals surface area (Å²) in [5, 5.41) is 14.6. The molecule has 0 aliphatic heterocycles. The third-order valence-electron chi connectivity index (χ3n) is 3.66. The number of hydrogen-bond acceptors (Lipinski definition) is 6. The van der Waals surface area contributed by atoms with Crippen LogP contribution in [0.5, 0.6) is 0 Å². The van der Waals surface area contributed by atoms with Crippen LogP contribution < -0.4 is 10.6 Å². The van der Waals surface area contributed by atoms with Crippen LogP contribution in [0.1, 0.15) is 33.3 Å². The summed E-state index contributed by atoms with van der Waals surface area (Å²) >= 11 is 0. The molecule has 0 unspecified atom stereocenters. The number of Topliss-reactive ketones (excluding diaryl/α,β-unsaturated/α-hetero) is 1. The first-order valence-electron chi connectivity index (χ1n) is 8.08. The molecule has 1 aromatic heterocycles. The number of rotatable bonds is 5. The topological polar surface area (TPSA) is 108 Å². The molecule has 1 amide bonds. The van der Waals surface area contributed by atoms with Gasteiger partial charge in [-0.15, -0.1) is 0 Å². The van der Waals surface area contributed by atoms with Gasteiger partial charge < -0.3 is 10.6 Å². The van der Waals surface area contributed by atoms with Crippen molar-refractivity contribution in [1.82, 2.24) is 9.97 Å². The van der Waals surface area contributed by atoms with Crippen LogP contribution in [0.4, 0.5) is 17.3 Å². The van der Waals surface area contributed by atoms with Gasteiger partial charge in [-0.05, 0) is 43.3 Å². The van der Waals surface area contributed by atoms with Crippen molar-refractivity contribution in [2.75, 3.05) is 10.6 Å². The van der Waals surface area contributed by atoms with Crippen molar-refractivity contribution in [3.05, 3.63) is 77.6 Å². The number of aromatic nitrogens is 2.